The zero-order valence-electron chi connectivity index (χ0n) is 9.05. The van der Waals surface area contributed by atoms with Crippen LogP contribution in [-0.4, -0.2) is 23.9 Å². The van der Waals surface area contributed by atoms with Crippen LogP contribution in [0.2, 0.25) is 0 Å². The highest BCUT2D eigenvalue weighted by atomic mass is 16.5. The van der Waals surface area contributed by atoms with E-state index in [-0.39, 0.29) is 11.7 Å². The molecule has 0 spiro atoms. The van der Waals surface area contributed by atoms with E-state index in [9.17, 15) is 5.11 Å². The van der Waals surface area contributed by atoms with E-state index in [0.717, 1.165) is 18.8 Å². The molecule has 0 aliphatic heterocycles. The lowest BCUT2D eigenvalue weighted by Gasteiger charge is -2.32. The van der Waals surface area contributed by atoms with Gasteiger partial charge in [-0.2, -0.15) is 0 Å². The predicted molar refractivity (Wildman–Crippen MR) is 53.7 cm³/mol. The smallest absolute Gasteiger partial charge is 0.0905 e. The molecule has 2 unspecified atom stereocenters. The van der Waals surface area contributed by atoms with Crippen molar-refractivity contribution in [1.29, 1.82) is 0 Å². The van der Waals surface area contributed by atoms with Crippen molar-refractivity contribution >= 4 is 0 Å². The van der Waals surface area contributed by atoms with Gasteiger partial charge in [-0.15, -0.1) is 0 Å². The number of hydrogen-bond donors (Lipinski definition) is 1. The van der Waals surface area contributed by atoms with Crippen LogP contribution in [0.25, 0.3) is 0 Å². The minimum absolute atomic E-state index is 0.303. The zero-order valence-corrected chi connectivity index (χ0v) is 9.05. The normalized spacial score (nSPS) is 24.0. The van der Waals surface area contributed by atoms with E-state index < -0.39 is 0 Å². The van der Waals surface area contributed by atoms with Crippen LogP contribution in [0.15, 0.2) is 0 Å². The minimum Gasteiger partial charge on any atom is -0.390 e. The van der Waals surface area contributed by atoms with Crippen molar-refractivity contribution in [2.45, 2.75) is 57.7 Å². The lowest BCUT2D eigenvalue weighted by molar-refractivity contribution is -0.0956. The Kier molecular flexibility index (Phi) is 3.74. The molecular weight excluding hydrogens is 164 g/mol. The van der Waals surface area contributed by atoms with Gasteiger partial charge in [0, 0.05) is 7.11 Å². The van der Waals surface area contributed by atoms with E-state index in [0.29, 0.717) is 0 Å². The minimum atomic E-state index is -0.338. The van der Waals surface area contributed by atoms with Gasteiger partial charge in [-0.3, -0.25) is 0 Å². The summed E-state index contributed by atoms with van der Waals surface area (Å²) >= 11 is 0. The second kappa shape index (κ2) is 4.43. The number of hydrogen-bond acceptors (Lipinski definition) is 2. The number of aliphatic hydroxyl groups is 1. The number of ether oxygens (including phenoxy) is 1. The molecule has 1 aliphatic carbocycles. The zero-order chi connectivity index (χ0) is 9.90. The second-order valence-electron chi connectivity index (χ2n) is 4.41. The summed E-state index contributed by atoms with van der Waals surface area (Å²) in [7, 11) is 1.68. The van der Waals surface area contributed by atoms with E-state index in [1.54, 1.807) is 7.11 Å². The van der Waals surface area contributed by atoms with Crippen molar-refractivity contribution in [2.75, 3.05) is 7.11 Å². The van der Waals surface area contributed by atoms with Crippen molar-refractivity contribution < 1.29 is 9.84 Å². The lowest BCUT2D eigenvalue weighted by atomic mass is 9.91. The van der Waals surface area contributed by atoms with Crippen molar-refractivity contribution in [3.63, 3.8) is 0 Å². The maximum absolute atomic E-state index is 9.92. The molecule has 0 bridgehead atoms. The van der Waals surface area contributed by atoms with E-state index in [1.165, 1.54) is 19.3 Å². The molecule has 1 saturated carbocycles. The van der Waals surface area contributed by atoms with E-state index in [4.69, 9.17) is 4.74 Å². The molecule has 0 amide bonds. The van der Waals surface area contributed by atoms with E-state index in [1.807, 2.05) is 6.92 Å². The van der Waals surface area contributed by atoms with Crippen molar-refractivity contribution in [3.8, 4) is 0 Å². The Hall–Kier alpha value is -0.0800. The third-order valence-electron chi connectivity index (χ3n) is 3.42. The van der Waals surface area contributed by atoms with Gasteiger partial charge in [-0.25, -0.2) is 0 Å². The Bertz CT molecular complexity index is 148. The summed E-state index contributed by atoms with van der Waals surface area (Å²) in [4.78, 5) is 0. The highest BCUT2D eigenvalue weighted by Gasteiger charge is 2.32. The van der Waals surface area contributed by atoms with E-state index >= 15 is 0 Å². The van der Waals surface area contributed by atoms with Gasteiger partial charge in [0.15, 0.2) is 0 Å². The molecule has 0 aromatic heterocycles. The molecule has 13 heavy (non-hydrogen) atoms. The molecule has 2 nitrogen and oxygen atoms in total. The summed E-state index contributed by atoms with van der Waals surface area (Å²) in [5, 5.41) is 9.92. The average Bonchev–Trinajstić information content (AvgIpc) is 2.96. The fourth-order valence-electron chi connectivity index (χ4n) is 1.62. The Morgan fingerprint density at radius 1 is 1.54 bits per heavy atom. The van der Waals surface area contributed by atoms with Gasteiger partial charge in [-0.1, -0.05) is 19.8 Å². The van der Waals surface area contributed by atoms with Crippen molar-refractivity contribution in [3.05, 3.63) is 0 Å². The Morgan fingerprint density at radius 2 is 2.15 bits per heavy atom. The highest BCUT2D eigenvalue weighted by molar-refractivity contribution is 4.84. The molecule has 78 valence electrons. The average molecular weight is 186 g/mol. The van der Waals surface area contributed by atoms with Gasteiger partial charge in [0.2, 0.25) is 0 Å². The maximum atomic E-state index is 9.92. The van der Waals surface area contributed by atoms with Crippen LogP contribution in [0.5, 0.6) is 0 Å². The van der Waals surface area contributed by atoms with Crippen LogP contribution in [0.3, 0.4) is 0 Å². The molecule has 1 N–H and O–H groups in total. The quantitative estimate of drug-likeness (QED) is 0.690. The molecule has 2 heteroatoms. The third-order valence-corrected chi connectivity index (χ3v) is 3.42. The first-order valence-electron chi connectivity index (χ1n) is 5.35. The predicted octanol–water partition coefficient (Wildman–Crippen LogP) is 2.35. The Balaban J connectivity index is 2.28. The van der Waals surface area contributed by atoms with Crippen LogP contribution in [0, 0.1) is 5.92 Å². The fraction of sp³-hybridized carbons (Fsp3) is 1.00. The van der Waals surface area contributed by atoms with Crippen LogP contribution < -0.4 is 0 Å². The first-order chi connectivity index (χ1) is 6.12. The van der Waals surface area contributed by atoms with E-state index in [2.05, 4.69) is 6.92 Å². The van der Waals surface area contributed by atoms with Gasteiger partial charge in [0.05, 0.1) is 11.7 Å². The fourth-order valence-corrected chi connectivity index (χ4v) is 1.62. The van der Waals surface area contributed by atoms with Gasteiger partial charge in [-0.05, 0) is 32.1 Å². The monoisotopic (exact) mass is 186 g/mol. The van der Waals surface area contributed by atoms with Gasteiger partial charge in [0.1, 0.15) is 0 Å². The summed E-state index contributed by atoms with van der Waals surface area (Å²) in [5.41, 5.74) is -0.338. The first kappa shape index (κ1) is 11.0. The summed E-state index contributed by atoms with van der Waals surface area (Å²) in [6.07, 6.45) is 5.35. The molecule has 0 radical (unpaired) electrons. The van der Waals surface area contributed by atoms with Crippen molar-refractivity contribution in [1.82, 2.24) is 0 Å². The standard InChI is InChI=1S/C11H22O2/c1-4-11(2,13-3)10(12)8-7-9-5-6-9/h9-10,12H,4-8H2,1-3H3. The SMILES string of the molecule is CCC(C)(OC)C(O)CCC1CC1. The first-order valence-corrected chi connectivity index (χ1v) is 5.35. The Labute approximate surface area is 81.3 Å². The molecule has 0 aromatic carbocycles. The molecule has 2 atom stereocenters. The second-order valence-corrected chi connectivity index (χ2v) is 4.41. The van der Waals surface area contributed by atoms with Crippen LogP contribution in [0.4, 0.5) is 0 Å². The molecule has 0 heterocycles. The van der Waals surface area contributed by atoms with Gasteiger partial charge >= 0.3 is 0 Å². The topological polar surface area (TPSA) is 29.5 Å². The summed E-state index contributed by atoms with van der Waals surface area (Å²) in [5.74, 6) is 0.896. The number of methoxy groups -OCH3 is 1. The molecular formula is C11H22O2. The molecule has 1 fully saturated rings. The van der Waals surface area contributed by atoms with Gasteiger partial charge in [0.25, 0.3) is 0 Å². The molecule has 0 saturated heterocycles. The van der Waals surface area contributed by atoms with Crippen LogP contribution in [0.1, 0.15) is 46.0 Å². The van der Waals surface area contributed by atoms with Crippen LogP contribution in [-0.2, 0) is 4.74 Å². The molecule has 1 rings (SSSR count). The summed E-state index contributed by atoms with van der Waals surface area (Å²) in [6, 6.07) is 0. The third kappa shape index (κ3) is 2.96. The maximum Gasteiger partial charge on any atom is 0.0905 e. The van der Waals surface area contributed by atoms with Gasteiger partial charge < -0.3 is 9.84 Å². The number of rotatable bonds is 6. The largest absolute Gasteiger partial charge is 0.390 e. The highest BCUT2D eigenvalue weighted by Crippen LogP contribution is 2.35. The Morgan fingerprint density at radius 3 is 2.54 bits per heavy atom. The van der Waals surface area contributed by atoms with Crippen molar-refractivity contribution in [2.24, 2.45) is 5.92 Å². The summed E-state index contributed by atoms with van der Waals surface area (Å²) in [6.45, 7) is 4.05. The number of aliphatic hydroxyl groups excluding tert-OH is 1. The molecule has 0 aromatic rings. The lowest BCUT2D eigenvalue weighted by Crippen LogP contribution is -2.40. The summed E-state index contributed by atoms with van der Waals surface area (Å²) < 4.78 is 5.35. The molecule has 1 aliphatic rings. The van der Waals surface area contributed by atoms with Crippen LogP contribution >= 0.6 is 0 Å².